The predicted molar refractivity (Wildman–Crippen MR) is 107 cm³/mol. The Morgan fingerprint density at radius 3 is 2.41 bits per heavy atom. The first-order valence-electron chi connectivity index (χ1n) is 9.65. The van der Waals surface area contributed by atoms with Crippen LogP contribution in [0.15, 0.2) is 24.5 Å². The van der Waals surface area contributed by atoms with Gasteiger partial charge in [0.25, 0.3) is 5.91 Å². The lowest BCUT2D eigenvalue weighted by molar-refractivity contribution is -0.131. The van der Waals surface area contributed by atoms with E-state index in [9.17, 15) is 9.59 Å². The third-order valence-corrected chi connectivity index (χ3v) is 6.49. The van der Waals surface area contributed by atoms with Crippen LogP contribution in [0.1, 0.15) is 28.1 Å². The highest BCUT2D eigenvalue weighted by Gasteiger charge is 2.27. The molecule has 1 N–H and O–H groups in total. The number of likely N-dealkylation sites (tertiary alicyclic amines) is 1. The highest BCUT2D eigenvalue weighted by Crippen LogP contribution is 2.31. The maximum Gasteiger partial charge on any atom is 0.256 e. The minimum atomic E-state index is 0.0721. The number of carbonyl (C=O) groups excluding carboxylic acids is 2. The number of aromatic amines is 1. The number of nitrogens with zero attached hydrogens (tertiary/aromatic N) is 3. The molecule has 0 bridgehead atoms. The maximum absolute atomic E-state index is 13.0. The minimum Gasteiger partial charge on any atom is -0.366 e. The van der Waals surface area contributed by atoms with Gasteiger partial charge in [0.15, 0.2) is 0 Å². The van der Waals surface area contributed by atoms with Gasteiger partial charge in [-0.05, 0) is 31.9 Å². The molecule has 0 unspecified atom stereocenters. The summed E-state index contributed by atoms with van der Waals surface area (Å²) in [6.45, 7) is 7.19. The summed E-state index contributed by atoms with van der Waals surface area (Å²) in [7, 11) is 0. The summed E-state index contributed by atoms with van der Waals surface area (Å²) in [4.78, 5) is 36.8. The number of rotatable bonds is 4. The number of nitrogens with one attached hydrogen (secondary N) is 1. The number of piperazine rings is 1. The molecule has 0 aromatic carbocycles. The molecule has 0 spiro atoms. The molecule has 2 aliphatic heterocycles. The average Bonchev–Trinajstić information content (AvgIpc) is 3.42. The molecule has 2 saturated heterocycles. The van der Waals surface area contributed by atoms with Crippen molar-refractivity contribution in [3.63, 3.8) is 0 Å². The monoisotopic (exact) mass is 386 g/mol. The van der Waals surface area contributed by atoms with E-state index >= 15 is 0 Å². The quantitative estimate of drug-likeness (QED) is 0.878. The molecular formula is C20H26N4O2S. The Hall–Kier alpha value is -2.12. The molecule has 144 valence electrons. The molecule has 4 rings (SSSR count). The summed E-state index contributed by atoms with van der Waals surface area (Å²) in [5.41, 5.74) is 1.71. The molecule has 0 atom stereocenters. The van der Waals surface area contributed by atoms with Crippen LogP contribution in [-0.2, 0) is 4.79 Å². The Balaban J connectivity index is 1.35. The normalized spacial score (nSPS) is 18.3. The van der Waals surface area contributed by atoms with Crippen molar-refractivity contribution in [3.8, 4) is 10.4 Å². The number of hydrogen-bond acceptors (Lipinski definition) is 4. The molecule has 27 heavy (non-hydrogen) atoms. The molecule has 2 aromatic heterocycles. The van der Waals surface area contributed by atoms with Gasteiger partial charge in [0.05, 0.1) is 12.1 Å². The molecule has 0 radical (unpaired) electrons. The zero-order chi connectivity index (χ0) is 18.8. The van der Waals surface area contributed by atoms with Crippen LogP contribution >= 0.6 is 11.3 Å². The van der Waals surface area contributed by atoms with Crippen LogP contribution in [0.4, 0.5) is 0 Å². The van der Waals surface area contributed by atoms with Gasteiger partial charge in [-0.3, -0.25) is 14.5 Å². The molecule has 0 aliphatic carbocycles. The van der Waals surface area contributed by atoms with Gasteiger partial charge < -0.3 is 14.8 Å². The fourth-order valence-corrected chi connectivity index (χ4v) is 4.76. The van der Waals surface area contributed by atoms with Crippen molar-refractivity contribution >= 4 is 23.2 Å². The van der Waals surface area contributed by atoms with Gasteiger partial charge in [-0.15, -0.1) is 11.3 Å². The van der Waals surface area contributed by atoms with E-state index in [1.54, 1.807) is 17.5 Å². The Morgan fingerprint density at radius 1 is 1.00 bits per heavy atom. The third-order valence-electron chi connectivity index (χ3n) is 5.46. The van der Waals surface area contributed by atoms with E-state index in [2.05, 4.69) is 28.9 Å². The smallest absolute Gasteiger partial charge is 0.256 e. The first-order valence-corrected chi connectivity index (χ1v) is 10.5. The fourth-order valence-electron chi connectivity index (χ4n) is 3.86. The predicted octanol–water partition coefficient (Wildman–Crippen LogP) is 2.43. The summed E-state index contributed by atoms with van der Waals surface area (Å²) in [5, 5.41) is 0. The van der Waals surface area contributed by atoms with Crippen molar-refractivity contribution < 1.29 is 9.59 Å². The largest absolute Gasteiger partial charge is 0.366 e. The van der Waals surface area contributed by atoms with Crippen LogP contribution < -0.4 is 0 Å². The number of amides is 2. The second kappa shape index (κ2) is 7.86. The maximum atomic E-state index is 13.0. The van der Waals surface area contributed by atoms with Crippen molar-refractivity contribution in [2.45, 2.75) is 19.8 Å². The van der Waals surface area contributed by atoms with Gasteiger partial charge in [-0.1, -0.05) is 0 Å². The lowest BCUT2D eigenvalue weighted by Gasteiger charge is -2.35. The van der Waals surface area contributed by atoms with Crippen molar-refractivity contribution in [2.75, 3.05) is 45.8 Å². The van der Waals surface area contributed by atoms with E-state index in [4.69, 9.17) is 0 Å². The Kier molecular flexibility index (Phi) is 5.31. The van der Waals surface area contributed by atoms with E-state index < -0.39 is 0 Å². The minimum absolute atomic E-state index is 0.0721. The Morgan fingerprint density at radius 2 is 1.74 bits per heavy atom. The molecule has 0 saturated carbocycles. The average molecular weight is 387 g/mol. The van der Waals surface area contributed by atoms with Gasteiger partial charge in [0.2, 0.25) is 5.91 Å². The van der Waals surface area contributed by atoms with E-state index in [0.29, 0.717) is 19.6 Å². The summed E-state index contributed by atoms with van der Waals surface area (Å²) < 4.78 is 0. The fraction of sp³-hybridized carbons (Fsp3) is 0.500. The number of thiophene rings is 1. The number of aromatic nitrogens is 1. The van der Waals surface area contributed by atoms with Crippen LogP contribution in [-0.4, -0.2) is 77.3 Å². The van der Waals surface area contributed by atoms with Crippen LogP contribution in [0.2, 0.25) is 0 Å². The van der Waals surface area contributed by atoms with E-state index in [0.717, 1.165) is 55.0 Å². The molecule has 4 heterocycles. The van der Waals surface area contributed by atoms with Gasteiger partial charge in [-0.2, -0.15) is 0 Å². The first kappa shape index (κ1) is 18.3. The highest BCUT2D eigenvalue weighted by atomic mass is 32.1. The Labute approximate surface area is 163 Å². The van der Waals surface area contributed by atoms with Gasteiger partial charge in [-0.25, -0.2) is 0 Å². The molecule has 2 aromatic rings. The number of hydrogen-bond donors (Lipinski definition) is 1. The molecule has 2 fully saturated rings. The van der Waals surface area contributed by atoms with Gasteiger partial charge in [0.1, 0.15) is 0 Å². The standard InChI is InChI=1S/C20H26N4O2S/c1-15-4-5-18(27-15)16-12-21-13-17(16)20(26)24-10-8-22(9-11-24)14-19(25)23-6-2-3-7-23/h4-5,12-13,21H,2-3,6-11,14H2,1H3. The zero-order valence-corrected chi connectivity index (χ0v) is 16.6. The number of H-pyrrole nitrogens is 1. The summed E-state index contributed by atoms with van der Waals surface area (Å²) in [5.74, 6) is 0.302. The van der Waals surface area contributed by atoms with Crippen molar-refractivity contribution in [2.24, 2.45) is 0 Å². The Bertz CT molecular complexity index is 814. The second-order valence-corrected chi connectivity index (χ2v) is 8.64. The lowest BCUT2D eigenvalue weighted by atomic mass is 10.1. The van der Waals surface area contributed by atoms with Crippen LogP contribution in [0, 0.1) is 6.92 Å². The molecular weight excluding hydrogens is 360 g/mol. The second-order valence-electron chi connectivity index (χ2n) is 7.35. The van der Waals surface area contributed by atoms with Crippen LogP contribution in [0.25, 0.3) is 10.4 Å². The number of aryl methyl sites for hydroxylation is 1. The summed E-state index contributed by atoms with van der Waals surface area (Å²) in [6, 6.07) is 4.15. The summed E-state index contributed by atoms with van der Waals surface area (Å²) >= 11 is 1.70. The SMILES string of the molecule is Cc1ccc(-c2c[nH]cc2C(=O)N2CCN(CC(=O)N3CCCC3)CC2)s1. The number of carbonyl (C=O) groups is 2. The third kappa shape index (κ3) is 3.94. The lowest BCUT2D eigenvalue weighted by Crippen LogP contribution is -2.51. The molecule has 7 heteroatoms. The van der Waals surface area contributed by atoms with E-state index in [1.165, 1.54) is 4.88 Å². The van der Waals surface area contributed by atoms with E-state index in [-0.39, 0.29) is 11.8 Å². The first-order chi connectivity index (χ1) is 13.1. The van der Waals surface area contributed by atoms with Crippen molar-refractivity contribution in [3.05, 3.63) is 35.0 Å². The topological polar surface area (TPSA) is 59.7 Å². The van der Waals surface area contributed by atoms with Crippen LogP contribution in [0.3, 0.4) is 0 Å². The van der Waals surface area contributed by atoms with E-state index in [1.807, 2.05) is 16.0 Å². The van der Waals surface area contributed by atoms with Gasteiger partial charge in [0, 0.05) is 67.0 Å². The van der Waals surface area contributed by atoms with Crippen molar-refractivity contribution in [1.82, 2.24) is 19.7 Å². The van der Waals surface area contributed by atoms with Crippen LogP contribution in [0.5, 0.6) is 0 Å². The molecule has 2 amide bonds. The molecule has 2 aliphatic rings. The molecule has 6 nitrogen and oxygen atoms in total. The zero-order valence-electron chi connectivity index (χ0n) is 15.7. The highest BCUT2D eigenvalue weighted by molar-refractivity contribution is 7.15. The summed E-state index contributed by atoms with van der Waals surface area (Å²) in [6.07, 6.45) is 5.95. The van der Waals surface area contributed by atoms with Gasteiger partial charge >= 0.3 is 0 Å². The van der Waals surface area contributed by atoms with Crippen molar-refractivity contribution in [1.29, 1.82) is 0 Å².